The van der Waals surface area contributed by atoms with Gasteiger partial charge in [0, 0.05) is 51.9 Å². The highest BCUT2D eigenvalue weighted by Gasteiger charge is 2.17. The molecule has 156 valence electrons. The van der Waals surface area contributed by atoms with Crippen molar-refractivity contribution in [2.24, 2.45) is 0 Å². The first-order chi connectivity index (χ1) is 15.5. The number of para-hydroxylation sites is 1. The van der Waals surface area contributed by atoms with Crippen LogP contribution in [-0.4, -0.2) is 15.3 Å². The van der Waals surface area contributed by atoms with E-state index in [9.17, 15) is 20.2 Å². The SMILES string of the molecule is N#C/C(=C\c1cn(Cc2ccc(Cl)cc2)c2ccccc12)C(=O)c1cccc([N+](=O)[O-])c1. The van der Waals surface area contributed by atoms with Crippen LogP contribution in [-0.2, 0) is 6.54 Å². The van der Waals surface area contributed by atoms with Gasteiger partial charge in [-0.15, -0.1) is 0 Å². The van der Waals surface area contributed by atoms with Crippen molar-refractivity contribution in [3.63, 3.8) is 0 Å². The van der Waals surface area contributed by atoms with Gasteiger partial charge in [0.15, 0.2) is 0 Å². The fourth-order valence-corrected chi connectivity index (χ4v) is 3.65. The molecule has 0 atom stereocenters. The summed E-state index contributed by atoms with van der Waals surface area (Å²) in [6.45, 7) is 0.590. The van der Waals surface area contributed by atoms with Crippen LogP contribution in [0.3, 0.4) is 0 Å². The zero-order valence-electron chi connectivity index (χ0n) is 16.7. The topological polar surface area (TPSA) is 88.9 Å². The maximum Gasteiger partial charge on any atom is 0.270 e. The van der Waals surface area contributed by atoms with Gasteiger partial charge in [0.2, 0.25) is 5.78 Å². The summed E-state index contributed by atoms with van der Waals surface area (Å²) in [7, 11) is 0. The largest absolute Gasteiger partial charge is 0.342 e. The van der Waals surface area contributed by atoms with Crippen LogP contribution >= 0.6 is 11.6 Å². The lowest BCUT2D eigenvalue weighted by Crippen LogP contribution is -2.02. The molecule has 0 aliphatic carbocycles. The van der Waals surface area contributed by atoms with Crippen molar-refractivity contribution in [3.8, 4) is 6.07 Å². The molecule has 0 radical (unpaired) electrons. The molecule has 4 aromatic rings. The number of benzene rings is 3. The molecule has 0 saturated heterocycles. The van der Waals surface area contributed by atoms with E-state index in [1.54, 1.807) is 0 Å². The van der Waals surface area contributed by atoms with E-state index < -0.39 is 10.7 Å². The maximum absolute atomic E-state index is 12.9. The lowest BCUT2D eigenvalue weighted by atomic mass is 10.0. The molecule has 32 heavy (non-hydrogen) atoms. The van der Waals surface area contributed by atoms with Crippen LogP contribution in [0.15, 0.2) is 84.6 Å². The molecule has 1 aromatic heterocycles. The number of non-ortho nitro benzene ring substituents is 1. The minimum atomic E-state index is -0.572. The number of carbonyl (C=O) groups excluding carboxylic acids is 1. The van der Waals surface area contributed by atoms with Crippen molar-refractivity contribution in [2.75, 3.05) is 0 Å². The van der Waals surface area contributed by atoms with Crippen LogP contribution in [0, 0.1) is 21.4 Å². The third-order valence-electron chi connectivity index (χ3n) is 5.07. The molecule has 0 bridgehead atoms. The highest BCUT2D eigenvalue weighted by molar-refractivity contribution is 6.30. The van der Waals surface area contributed by atoms with Crippen LogP contribution in [0.5, 0.6) is 0 Å². The van der Waals surface area contributed by atoms with E-state index in [4.69, 9.17) is 11.6 Å². The third kappa shape index (κ3) is 4.29. The van der Waals surface area contributed by atoms with Gasteiger partial charge in [0.05, 0.1) is 4.92 Å². The first-order valence-electron chi connectivity index (χ1n) is 9.69. The second-order valence-corrected chi connectivity index (χ2v) is 7.60. The summed E-state index contributed by atoms with van der Waals surface area (Å²) >= 11 is 5.98. The standard InChI is InChI=1S/C25H16ClN3O3/c26-21-10-8-17(9-11-21)15-28-16-20(23-6-1-2-7-24(23)28)12-19(14-27)25(30)18-4-3-5-22(13-18)29(31)32/h1-13,16H,15H2/b19-12+. The van der Waals surface area contributed by atoms with Crippen LogP contribution < -0.4 is 0 Å². The number of nitro groups is 1. The Morgan fingerprint density at radius 1 is 1.09 bits per heavy atom. The predicted molar refractivity (Wildman–Crippen MR) is 124 cm³/mol. The number of aromatic nitrogens is 1. The normalized spacial score (nSPS) is 11.3. The molecule has 0 fully saturated rings. The summed E-state index contributed by atoms with van der Waals surface area (Å²) in [5.41, 5.74) is 2.52. The number of allylic oxidation sites excluding steroid dienone is 1. The van der Waals surface area contributed by atoms with Gasteiger partial charge >= 0.3 is 0 Å². The molecular weight excluding hydrogens is 426 g/mol. The molecule has 0 amide bonds. The Bertz CT molecular complexity index is 1410. The lowest BCUT2D eigenvalue weighted by Gasteiger charge is -2.05. The predicted octanol–water partition coefficient (Wildman–Crippen LogP) is 6.04. The van der Waals surface area contributed by atoms with Gasteiger partial charge in [-0.25, -0.2) is 0 Å². The summed E-state index contributed by atoms with van der Waals surface area (Å²) in [6.07, 6.45) is 3.42. The summed E-state index contributed by atoms with van der Waals surface area (Å²) in [6, 6.07) is 22.6. The van der Waals surface area contributed by atoms with E-state index in [1.165, 1.54) is 30.3 Å². The molecule has 6 nitrogen and oxygen atoms in total. The third-order valence-corrected chi connectivity index (χ3v) is 5.32. The van der Waals surface area contributed by atoms with Crippen LogP contribution in [0.25, 0.3) is 17.0 Å². The van der Waals surface area contributed by atoms with E-state index in [0.29, 0.717) is 17.1 Å². The van der Waals surface area contributed by atoms with Crippen LogP contribution in [0.4, 0.5) is 5.69 Å². The van der Waals surface area contributed by atoms with Gasteiger partial charge in [-0.2, -0.15) is 5.26 Å². The van der Waals surface area contributed by atoms with E-state index in [0.717, 1.165) is 16.5 Å². The Hall–Kier alpha value is -4.21. The molecule has 3 aromatic carbocycles. The van der Waals surface area contributed by atoms with Gasteiger partial charge in [-0.1, -0.05) is 54.1 Å². The lowest BCUT2D eigenvalue weighted by molar-refractivity contribution is -0.384. The van der Waals surface area contributed by atoms with Crippen molar-refractivity contribution >= 4 is 40.1 Å². The fourth-order valence-electron chi connectivity index (χ4n) is 3.53. The number of nitro benzene ring substituents is 1. The first kappa shape index (κ1) is 21.0. The number of halogens is 1. The highest BCUT2D eigenvalue weighted by Crippen LogP contribution is 2.26. The molecule has 0 saturated carbocycles. The van der Waals surface area contributed by atoms with Crippen molar-refractivity contribution in [1.29, 1.82) is 5.26 Å². The fraction of sp³-hybridized carbons (Fsp3) is 0.0400. The molecule has 0 spiro atoms. The molecule has 0 unspecified atom stereocenters. The van der Waals surface area contributed by atoms with Crippen LogP contribution in [0.1, 0.15) is 21.5 Å². The number of carbonyl (C=O) groups is 1. The molecule has 7 heteroatoms. The smallest absolute Gasteiger partial charge is 0.270 e. The Morgan fingerprint density at radius 3 is 2.56 bits per heavy atom. The average Bonchev–Trinajstić information content (AvgIpc) is 3.15. The summed E-state index contributed by atoms with van der Waals surface area (Å²) < 4.78 is 2.04. The molecule has 1 heterocycles. The van der Waals surface area contributed by atoms with Gasteiger partial charge in [-0.3, -0.25) is 14.9 Å². The Kier molecular flexibility index (Phi) is 5.84. The number of hydrogen-bond donors (Lipinski definition) is 0. The number of ketones is 1. The second-order valence-electron chi connectivity index (χ2n) is 7.16. The van der Waals surface area contributed by atoms with Gasteiger partial charge in [-0.05, 0) is 29.8 Å². The Morgan fingerprint density at radius 2 is 1.84 bits per heavy atom. The molecular formula is C25H16ClN3O3. The molecule has 0 aliphatic rings. The van der Waals surface area contributed by atoms with Crippen molar-refractivity contribution in [1.82, 2.24) is 4.57 Å². The molecule has 0 aliphatic heterocycles. The van der Waals surface area contributed by atoms with Crippen molar-refractivity contribution in [3.05, 3.63) is 116 Å². The number of rotatable bonds is 6. The summed E-state index contributed by atoms with van der Waals surface area (Å²) in [5.74, 6) is -0.564. The first-order valence-corrected chi connectivity index (χ1v) is 10.1. The van der Waals surface area contributed by atoms with Crippen molar-refractivity contribution < 1.29 is 9.72 Å². The number of nitrogens with zero attached hydrogens (tertiary/aromatic N) is 3. The Balaban J connectivity index is 1.74. The van der Waals surface area contributed by atoms with E-state index in [-0.39, 0.29) is 16.8 Å². The zero-order valence-corrected chi connectivity index (χ0v) is 17.5. The summed E-state index contributed by atoms with van der Waals surface area (Å²) in [4.78, 5) is 23.3. The number of nitriles is 1. The van der Waals surface area contributed by atoms with Crippen LogP contribution in [0.2, 0.25) is 5.02 Å². The minimum absolute atomic E-state index is 0.0944. The average molecular weight is 442 g/mol. The summed E-state index contributed by atoms with van der Waals surface area (Å²) in [5, 5.41) is 22.2. The second kappa shape index (κ2) is 8.88. The zero-order chi connectivity index (χ0) is 22.7. The quantitative estimate of drug-likeness (QED) is 0.120. The van der Waals surface area contributed by atoms with Gasteiger partial charge in [0.1, 0.15) is 11.6 Å². The van der Waals surface area contributed by atoms with Gasteiger partial charge in [0.25, 0.3) is 5.69 Å². The highest BCUT2D eigenvalue weighted by atomic mass is 35.5. The van der Waals surface area contributed by atoms with Gasteiger partial charge < -0.3 is 4.57 Å². The molecule has 0 N–H and O–H groups in total. The maximum atomic E-state index is 12.9. The van der Waals surface area contributed by atoms with E-state index in [1.807, 2.05) is 65.4 Å². The number of hydrogen-bond acceptors (Lipinski definition) is 4. The Labute approximate surface area is 188 Å². The number of Topliss-reactive ketones (excluding diaryl/α,β-unsaturated/α-hetero) is 1. The van der Waals surface area contributed by atoms with E-state index >= 15 is 0 Å². The van der Waals surface area contributed by atoms with E-state index in [2.05, 4.69) is 0 Å². The molecule has 4 rings (SSSR count). The monoisotopic (exact) mass is 441 g/mol. The number of fused-ring (bicyclic) bond motifs is 1. The minimum Gasteiger partial charge on any atom is -0.342 e. The van der Waals surface area contributed by atoms with Crippen molar-refractivity contribution in [2.45, 2.75) is 6.54 Å².